The molecule has 6 N–H and O–H groups in total. The van der Waals surface area contributed by atoms with Gasteiger partial charge in [-0.1, -0.05) is 142 Å². The molecule has 0 aliphatic heterocycles. The number of nitrogens with zero attached hydrogens (tertiary/aromatic N) is 2. The van der Waals surface area contributed by atoms with E-state index in [1.54, 1.807) is 0 Å². The number of aryl methyl sites for hydroxylation is 2. The van der Waals surface area contributed by atoms with E-state index in [1.165, 1.54) is 115 Å². The van der Waals surface area contributed by atoms with Gasteiger partial charge in [0.15, 0.2) is 0 Å². The summed E-state index contributed by atoms with van der Waals surface area (Å²) in [5.41, 5.74) is 0.844. The van der Waals surface area contributed by atoms with Crippen LogP contribution in [0.5, 0.6) is 0 Å². The molecule has 4 amide bonds. The van der Waals surface area contributed by atoms with E-state index < -0.39 is 12.1 Å². The van der Waals surface area contributed by atoms with Gasteiger partial charge in [0.25, 0.3) is 11.1 Å². The number of urea groups is 2. The molecular weight excluding hydrogens is 656 g/mol. The highest BCUT2D eigenvalue weighted by molar-refractivity contribution is 5.87. The number of aromatic amines is 2. The van der Waals surface area contributed by atoms with Gasteiger partial charge in [-0.2, -0.15) is 0 Å². The van der Waals surface area contributed by atoms with Crippen LogP contribution in [0.15, 0.2) is 21.7 Å². The van der Waals surface area contributed by atoms with Crippen LogP contribution in [0.1, 0.15) is 179 Å². The van der Waals surface area contributed by atoms with Crippen LogP contribution in [0.2, 0.25) is 0 Å². The summed E-state index contributed by atoms with van der Waals surface area (Å²) in [5, 5.41) is 10.9. The van der Waals surface area contributed by atoms with E-state index in [0.29, 0.717) is 24.5 Å². The van der Waals surface area contributed by atoms with Crippen LogP contribution < -0.4 is 32.4 Å². The zero-order valence-electron chi connectivity index (χ0n) is 32.5. The van der Waals surface area contributed by atoms with Gasteiger partial charge < -0.3 is 10.6 Å². The van der Waals surface area contributed by atoms with Crippen LogP contribution in [0.25, 0.3) is 0 Å². The van der Waals surface area contributed by atoms with Crippen molar-refractivity contribution >= 4 is 24.0 Å². The van der Waals surface area contributed by atoms with Gasteiger partial charge in [-0.25, -0.2) is 19.6 Å². The maximum absolute atomic E-state index is 12.3. The Hall–Kier alpha value is -3.70. The maximum Gasteiger partial charge on any atom is 0.321 e. The third-order valence-electron chi connectivity index (χ3n) is 9.30. The summed E-state index contributed by atoms with van der Waals surface area (Å²) in [6, 6.07) is 2.20. The molecule has 0 bridgehead atoms. The maximum atomic E-state index is 12.3. The number of hydrogen-bond acceptors (Lipinski definition) is 6. The van der Waals surface area contributed by atoms with Crippen molar-refractivity contribution in [2.75, 3.05) is 23.7 Å². The first kappa shape index (κ1) is 44.5. The van der Waals surface area contributed by atoms with Gasteiger partial charge in [0.05, 0.1) is 0 Å². The number of hydrogen-bond donors (Lipinski definition) is 6. The first-order chi connectivity index (χ1) is 25.4. The monoisotopic (exact) mass is 727 g/mol. The molecule has 12 heteroatoms. The normalized spacial score (nSPS) is 11.0. The molecule has 294 valence electrons. The molecule has 0 fully saturated rings. The number of unbranched alkanes of at least 4 members (excludes halogenated alkanes) is 21. The van der Waals surface area contributed by atoms with E-state index >= 15 is 0 Å². The molecule has 2 aromatic heterocycles. The molecule has 0 saturated heterocycles. The van der Waals surface area contributed by atoms with Crippen molar-refractivity contribution in [3.63, 3.8) is 0 Å². The van der Waals surface area contributed by atoms with Crippen molar-refractivity contribution in [1.29, 1.82) is 0 Å². The van der Waals surface area contributed by atoms with Crippen LogP contribution in [-0.2, 0) is 12.8 Å². The lowest BCUT2D eigenvalue weighted by molar-refractivity contribution is 0.250. The molecule has 0 unspecified atom stereocenters. The summed E-state index contributed by atoms with van der Waals surface area (Å²) >= 11 is 0. The molecule has 2 heterocycles. The van der Waals surface area contributed by atoms with Crippen molar-refractivity contribution in [3.05, 3.63) is 44.2 Å². The molecule has 0 aromatic carbocycles. The summed E-state index contributed by atoms with van der Waals surface area (Å²) in [5.74, 6) is 0.327. The minimum Gasteiger partial charge on any atom is -0.338 e. The average Bonchev–Trinajstić information content (AvgIpc) is 3.10. The first-order valence-electron chi connectivity index (χ1n) is 20.7. The van der Waals surface area contributed by atoms with E-state index in [9.17, 15) is 19.2 Å². The average molecular weight is 727 g/mol. The number of nitrogens with one attached hydrogen (secondary N) is 6. The van der Waals surface area contributed by atoms with E-state index in [1.807, 2.05) is 0 Å². The second-order valence-corrected chi connectivity index (χ2v) is 14.2. The van der Waals surface area contributed by atoms with Gasteiger partial charge in [-0.15, -0.1) is 0 Å². The zero-order valence-corrected chi connectivity index (χ0v) is 32.5. The van der Waals surface area contributed by atoms with E-state index in [0.717, 1.165) is 64.2 Å². The molecule has 2 rings (SSSR count). The van der Waals surface area contributed by atoms with E-state index in [-0.39, 0.29) is 23.0 Å². The Kier molecular flexibility index (Phi) is 25.5. The number of anilines is 2. The summed E-state index contributed by atoms with van der Waals surface area (Å²) < 4.78 is 0. The van der Waals surface area contributed by atoms with Crippen LogP contribution in [0.4, 0.5) is 21.5 Å². The number of carbonyl (C=O) groups excluding carboxylic acids is 2. The third-order valence-corrected chi connectivity index (χ3v) is 9.30. The Morgan fingerprint density at radius 1 is 0.481 bits per heavy atom. The van der Waals surface area contributed by atoms with Gasteiger partial charge in [-0.3, -0.25) is 30.2 Å². The Morgan fingerprint density at radius 3 is 1.13 bits per heavy atom. The van der Waals surface area contributed by atoms with Crippen molar-refractivity contribution < 1.29 is 9.59 Å². The molecule has 0 spiro atoms. The topological polar surface area (TPSA) is 174 Å². The number of H-pyrrole nitrogens is 2. The number of amides is 4. The number of aromatic nitrogens is 4. The minimum absolute atomic E-state index is 0.163. The fourth-order valence-electron chi connectivity index (χ4n) is 6.29. The van der Waals surface area contributed by atoms with E-state index in [2.05, 4.69) is 55.1 Å². The molecule has 0 aliphatic carbocycles. The second kappa shape index (κ2) is 29.8. The lowest BCUT2D eigenvalue weighted by Gasteiger charge is -2.09. The van der Waals surface area contributed by atoms with Crippen LogP contribution >= 0.6 is 0 Å². The van der Waals surface area contributed by atoms with Crippen molar-refractivity contribution in [3.8, 4) is 0 Å². The number of rotatable bonds is 31. The predicted octanol–water partition coefficient (Wildman–Crippen LogP) is 9.28. The van der Waals surface area contributed by atoms with Gasteiger partial charge in [0.2, 0.25) is 11.9 Å². The largest absolute Gasteiger partial charge is 0.338 e. The molecule has 0 radical (unpaired) electrons. The fourth-order valence-corrected chi connectivity index (χ4v) is 6.29. The zero-order chi connectivity index (χ0) is 37.5. The Labute approximate surface area is 312 Å². The van der Waals surface area contributed by atoms with Gasteiger partial charge in [-0.05, 0) is 38.5 Å². The lowest BCUT2D eigenvalue weighted by Crippen LogP contribution is -2.31. The number of carbonyl (C=O) groups is 2. The molecular formula is C40H70N8O4. The van der Waals surface area contributed by atoms with Crippen LogP contribution in [0, 0.1) is 0 Å². The molecule has 2 aromatic rings. The Balaban J connectivity index is 1.51. The van der Waals surface area contributed by atoms with Crippen LogP contribution in [-0.4, -0.2) is 45.1 Å². The quantitative estimate of drug-likeness (QED) is 0.0422. The standard InChI is InChI=1S/C40H70N8O4/c1-3-5-7-9-11-13-15-17-19-23-27-33-31-35(49)45-37(43-33)47-39(51)41-29-25-21-22-26-30-42-40(52)48-38-44-34(32-36(50)46-38)28-24-20-18-16-14-12-10-8-6-4-2/h31-32H,3-30H2,1-2H3,(H3,41,43,45,47,49,51)(H3,42,44,46,48,50,52). The highest BCUT2D eigenvalue weighted by atomic mass is 16.2. The van der Waals surface area contributed by atoms with Gasteiger partial charge in [0, 0.05) is 36.6 Å². The van der Waals surface area contributed by atoms with Crippen molar-refractivity contribution in [2.24, 2.45) is 0 Å². The molecule has 0 saturated carbocycles. The minimum atomic E-state index is -0.406. The summed E-state index contributed by atoms with van der Waals surface area (Å²) in [7, 11) is 0. The predicted molar refractivity (Wildman–Crippen MR) is 213 cm³/mol. The van der Waals surface area contributed by atoms with Crippen molar-refractivity contribution in [2.45, 2.75) is 181 Å². The highest BCUT2D eigenvalue weighted by Gasteiger charge is 2.08. The smallest absolute Gasteiger partial charge is 0.321 e. The van der Waals surface area contributed by atoms with Crippen LogP contribution in [0.3, 0.4) is 0 Å². The molecule has 0 atom stereocenters. The third kappa shape index (κ3) is 23.7. The summed E-state index contributed by atoms with van der Waals surface area (Å²) in [4.78, 5) is 62.9. The molecule has 0 aliphatic rings. The summed E-state index contributed by atoms with van der Waals surface area (Å²) in [6.07, 6.45) is 29.7. The molecule has 52 heavy (non-hydrogen) atoms. The van der Waals surface area contributed by atoms with Gasteiger partial charge >= 0.3 is 12.1 Å². The summed E-state index contributed by atoms with van der Waals surface area (Å²) in [6.45, 7) is 5.45. The highest BCUT2D eigenvalue weighted by Crippen LogP contribution is 2.13. The molecule has 12 nitrogen and oxygen atoms in total. The Morgan fingerprint density at radius 2 is 0.788 bits per heavy atom. The SMILES string of the molecule is CCCCCCCCCCCCc1cc(=O)[nH]c(NC(=O)NCCCCCCNC(=O)Nc2nc(CCCCCCCCCCCC)cc(=O)[nH]2)n1. The van der Waals surface area contributed by atoms with Gasteiger partial charge in [0.1, 0.15) is 0 Å². The second-order valence-electron chi connectivity index (χ2n) is 14.2. The Bertz CT molecular complexity index is 1240. The lowest BCUT2D eigenvalue weighted by atomic mass is 10.1. The van der Waals surface area contributed by atoms with Crippen molar-refractivity contribution in [1.82, 2.24) is 30.6 Å². The van der Waals surface area contributed by atoms with E-state index in [4.69, 9.17) is 0 Å². The fraction of sp³-hybridized carbons (Fsp3) is 0.750. The first-order valence-corrected chi connectivity index (χ1v) is 20.7.